The minimum atomic E-state index is -2.87. The minimum Gasteiger partial charge on any atom is -0.458 e. The van der Waals surface area contributed by atoms with Gasteiger partial charge in [0.2, 0.25) is 11.8 Å². The molecule has 3 N–H and O–H groups in total. The van der Waals surface area contributed by atoms with Gasteiger partial charge in [-0.2, -0.15) is 0 Å². The van der Waals surface area contributed by atoms with Crippen LogP contribution in [-0.2, 0) is 16.1 Å². The van der Waals surface area contributed by atoms with Crippen molar-refractivity contribution in [1.82, 2.24) is 15.6 Å². The Morgan fingerprint density at radius 1 is 1.48 bits per heavy atom. The first kappa shape index (κ1) is 17.5. The second kappa shape index (κ2) is 6.89. The molecule has 0 aromatic carbocycles. The highest BCUT2D eigenvalue weighted by molar-refractivity contribution is 7.14. The summed E-state index contributed by atoms with van der Waals surface area (Å²) in [5, 5.41) is 9.64. The number of furan rings is 1. The van der Waals surface area contributed by atoms with Gasteiger partial charge in [-0.15, -0.1) is 11.3 Å². The third kappa shape index (κ3) is 4.40. The number of thiazole rings is 1. The highest BCUT2D eigenvalue weighted by Crippen LogP contribution is 2.28. The molecule has 0 spiro atoms. The molecule has 0 aliphatic carbocycles. The van der Waals surface area contributed by atoms with Gasteiger partial charge in [0.25, 0.3) is 5.92 Å². The van der Waals surface area contributed by atoms with E-state index in [1.54, 1.807) is 17.5 Å². The van der Waals surface area contributed by atoms with Gasteiger partial charge in [-0.3, -0.25) is 14.9 Å². The number of alkyl halides is 2. The van der Waals surface area contributed by atoms with Gasteiger partial charge >= 0.3 is 0 Å². The van der Waals surface area contributed by atoms with Crippen LogP contribution in [0, 0.1) is 0 Å². The summed E-state index contributed by atoms with van der Waals surface area (Å²) in [6, 6.07) is 2.49. The Morgan fingerprint density at radius 3 is 2.96 bits per heavy atom. The molecule has 10 heteroatoms. The molecule has 7 nitrogen and oxygen atoms in total. The summed E-state index contributed by atoms with van der Waals surface area (Å²) in [6.45, 7) is 1.18. The number of amides is 2. The SMILES string of the molecule is CC(=O)NCc1ccc(-c2csc(NC(=O)C3CC(F)(F)CN3)n2)o1. The molecule has 2 aromatic rings. The van der Waals surface area contributed by atoms with Gasteiger partial charge in [-0.05, 0) is 12.1 Å². The molecule has 0 bridgehead atoms. The zero-order chi connectivity index (χ0) is 18.0. The highest BCUT2D eigenvalue weighted by Gasteiger charge is 2.42. The Balaban J connectivity index is 1.61. The quantitative estimate of drug-likeness (QED) is 0.748. The molecule has 1 aliphatic rings. The minimum absolute atomic E-state index is 0.164. The molecular weight excluding hydrogens is 354 g/mol. The van der Waals surface area contributed by atoms with E-state index < -0.39 is 30.8 Å². The van der Waals surface area contributed by atoms with Crippen molar-refractivity contribution in [2.45, 2.75) is 31.9 Å². The summed E-state index contributed by atoms with van der Waals surface area (Å²) < 4.78 is 31.9. The van der Waals surface area contributed by atoms with Crippen LogP contribution in [0.3, 0.4) is 0 Å². The lowest BCUT2D eigenvalue weighted by Crippen LogP contribution is -2.35. The summed E-state index contributed by atoms with van der Waals surface area (Å²) in [7, 11) is 0. The number of carbonyl (C=O) groups is 2. The number of nitrogens with zero attached hydrogens (tertiary/aromatic N) is 1. The average Bonchev–Trinajstić information content (AvgIpc) is 3.24. The fourth-order valence-corrected chi connectivity index (χ4v) is 3.06. The van der Waals surface area contributed by atoms with Crippen LogP contribution >= 0.6 is 11.3 Å². The molecule has 3 rings (SSSR count). The van der Waals surface area contributed by atoms with Crippen molar-refractivity contribution in [1.29, 1.82) is 0 Å². The largest absolute Gasteiger partial charge is 0.458 e. The van der Waals surface area contributed by atoms with Crippen molar-refractivity contribution in [2.24, 2.45) is 0 Å². The van der Waals surface area contributed by atoms with E-state index in [4.69, 9.17) is 4.42 Å². The van der Waals surface area contributed by atoms with Crippen LogP contribution in [0.5, 0.6) is 0 Å². The second-order valence-corrected chi connectivity index (χ2v) is 6.55. The van der Waals surface area contributed by atoms with E-state index in [1.165, 1.54) is 18.3 Å². The predicted octanol–water partition coefficient (Wildman–Crippen LogP) is 1.97. The van der Waals surface area contributed by atoms with Crippen LogP contribution in [0.25, 0.3) is 11.5 Å². The standard InChI is InChI=1S/C15H16F2N4O3S/c1-8(22)18-5-9-2-3-12(24-9)11-6-25-14(20-11)21-13(23)10-4-15(16,17)7-19-10/h2-3,6,10,19H,4-5,7H2,1H3,(H,18,22)(H,20,21,23). The summed E-state index contributed by atoms with van der Waals surface area (Å²) >= 11 is 1.17. The van der Waals surface area contributed by atoms with Gasteiger partial charge in [0, 0.05) is 18.7 Å². The highest BCUT2D eigenvalue weighted by atomic mass is 32.1. The van der Waals surface area contributed by atoms with Crippen LogP contribution in [0.1, 0.15) is 19.1 Å². The van der Waals surface area contributed by atoms with Crippen molar-refractivity contribution >= 4 is 28.3 Å². The Bertz CT molecular complexity index is 789. The summed E-state index contributed by atoms with van der Waals surface area (Å²) in [6.07, 6.45) is -0.526. The van der Waals surface area contributed by atoms with E-state index in [2.05, 4.69) is 20.9 Å². The fourth-order valence-electron chi connectivity index (χ4n) is 2.36. The van der Waals surface area contributed by atoms with Gasteiger partial charge in [-0.25, -0.2) is 13.8 Å². The molecule has 2 amide bonds. The molecule has 0 saturated carbocycles. The van der Waals surface area contributed by atoms with Crippen LogP contribution in [0.2, 0.25) is 0 Å². The van der Waals surface area contributed by atoms with Crippen molar-refractivity contribution in [2.75, 3.05) is 11.9 Å². The number of rotatable bonds is 5. The van der Waals surface area contributed by atoms with Crippen LogP contribution < -0.4 is 16.0 Å². The molecule has 1 unspecified atom stereocenters. The Labute approximate surface area is 145 Å². The number of halogens is 2. The van der Waals surface area contributed by atoms with Gasteiger partial charge in [-0.1, -0.05) is 0 Å². The first-order valence-electron chi connectivity index (χ1n) is 7.53. The zero-order valence-electron chi connectivity index (χ0n) is 13.3. The van der Waals surface area contributed by atoms with Crippen molar-refractivity contribution in [3.05, 3.63) is 23.3 Å². The summed E-state index contributed by atoms with van der Waals surface area (Å²) in [5.41, 5.74) is 0.513. The molecule has 3 heterocycles. The third-order valence-electron chi connectivity index (χ3n) is 3.59. The van der Waals surface area contributed by atoms with E-state index in [1.807, 2.05) is 0 Å². The van der Waals surface area contributed by atoms with Crippen LogP contribution in [0.15, 0.2) is 21.9 Å². The third-order valence-corrected chi connectivity index (χ3v) is 4.34. The van der Waals surface area contributed by atoms with E-state index >= 15 is 0 Å². The molecule has 134 valence electrons. The number of aromatic nitrogens is 1. The maximum absolute atomic E-state index is 13.1. The van der Waals surface area contributed by atoms with Gasteiger partial charge in [0.1, 0.15) is 11.5 Å². The van der Waals surface area contributed by atoms with Gasteiger partial charge < -0.3 is 15.1 Å². The van der Waals surface area contributed by atoms with Gasteiger partial charge in [0.15, 0.2) is 10.9 Å². The number of hydrogen-bond donors (Lipinski definition) is 3. The predicted molar refractivity (Wildman–Crippen MR) is 87.3 cm³/mol. The Kier molecular flexibility index (Phi) is 4.82. The van der Waals surface area contributed by atoms with E-state index in [-0.39, 0.29) is 12.5 Å². The lowest BCUT2D eigenvalue weighted by molar-refractivity contribution is -0.119. The van der Waals surface area contributed by atoms with Crippen molar-refractivity contribution in [3.8, 4) is 11.5 Å². The monoisotopic (exact) mass is 370 g/mol. The second-order valence-electron chi connectivity index (χ2n) is 5.70. The molecule has 1 atom stereocenters. The molecule has 1 saturated heterocycles. The van der Waals surface area contributed by atoms with E-state index in [0.717, 1.165) is 0 Å². The maximum atomic E-state index is 13.1. The Hall–Kier alpha value is -2.33. The normalized spacial score (nSPS) is 18.9. The molecule has 1 fully saturated rings. The summed E-state index contributed by atoms with van der Waals surface area (Å²) in [4.78, 5) is 27.1. The molecule has 0 radical (unpaired) electrons. The molecule has 1 aliphatic heterocycles. The zero-order valence-corrected chi connectivity index (χ0v) is 14.1. The lowest BCUT2D eigenvalue weighted by atomic mass is 10.2. The van der Waals surface area contributed by atoms with E-state index in [0.29, 0.717) is 22.3 Å². The first-order valence-corrected chi connectivity index (χ1v) is 8.41. The topological polar surface area (TPSA) is 96.3 Å². The number of anilines is 1. The average molecular weight is 370 g/mol. The van der Waals surface area contributed by atoms with Crippen molar-refractivity contribution < 1.29 is 22.8 Å². The lowest BCUT2D eigenvalue weighted by Gasteiger charge is -2.08. The number of carbonyl (C=O) groups excluding carboxylic acids is 2. The Morgan fingerprint density at radius 2 is 2.28 bits per heavy atom. The number of nitrogens with one attached hydrogen (secondary N) is 3. The molecule has 2 aromatic heterocycles. The van der Waals surface area contributed by atoms with E-state index in [9.17, 15) is 18.4 Å². The molecule has 25 heavy (non-hydrogen) atoms. The smallest absolute Gasteiger partial charge is 0.262 e. The first-order chi connectivity index (χ1) is 11.8. The van der Waals surface area contributed by atoms with Gasteiger partial charge in [0.05, 0.1) is 19.1 Å². The summed E-state index contributed by atoms with van der Waals surface area (Å²) in [5.74, 6) is -2.51. The number of hydrogen-bond acceptors (Lipinski definition) is 6. The van der Waals surface area contributed by atoms with Crippen molar-refractivity contribution in [3.63, 3.8) is 0 Å². The van der Waals surface area contributed by atoms with Crippen LogP contribution in [-0.4, -0.2) is 35.3 Å². The molecular formula is C15H16F2N4O3S. The van der Waals surface area contributed by atoms with Crippen LogP contribution in [0.4, 0.5) is 13.9 Å². The maximum Gasteiger partial charge on any atom is 0.262 e. The fraction of sp³-hybridized carbons (Fsp3) is 0.400.